The minimum absolute atomic E-state index is 0.945. The van der Waals surface area contributed by atoms with Gasteiger partial charge in [0.05, 0.1) is 0 Å². The largest absolute Gasteiger partial charge is 0.388 e. The summed E-state index contributed by atoms with van der Waals surface area (Å²) in [5, 5.41) is 3.07. The Bertz CT molecular complexity index is 340. The molecule has 0 aliphatic carbocycles. The molecule has 0 fully saturated rings. The Morgan fingerprint density at radius 1 is 1.64 bits per heavy atom. The van der Waals surface area contributed by atoms with Gasteiger partial charge in [-0.1, -0.05) is 19.6 Å². The zero-order chi connectivity index (χ0) is 10.4. The smallest absolute Gasteiger partial charge is 0.0473 e. The summed E-state index contributed by atoms with van der Waals surface area (Å²) in [7, 11) is 1.88. The van der Waals surface area contributed by atoms with Gasteiger partial charge >= 0.3 is 0 Å². The average Bonchev–Trinajstić information content (AvgIpc) is 2.26. The van der Waals surface area contributed by atoms with Crippen LogP contribution in [0.15, 0.2) is 36.7 Å². The topological polar surface area (TPSA) is 24.9 Å². The van der Waals surface area contributed by atoms with Crippen LogP contribution in [0.2, 0.25) is 0 Å². The minimum Gasteiger partial charge on any atom is -0.388 e. The zero-order valence-corrected chi connectivity index (χ0v) is 8.75. The molecule has 0 saturated carbocycles. The first-order valence-corrected chi connectivity index (χ1v) is 4.77. The third-order valence-electron chi connectivity index (χ3n) is 2.08. The maximum Gasteiger partial charge on any atom is 0.0473 e. The SMILES string of the molecule is C=C/C(=C\c1cccnc1CC)NC. The summed E-state index contributed by atoms with van der Waals surface area (Å²) < 4.78 is 0. The van der Waals surface area contributed by atoms with Crippen molar-refractivity contribution in [2.45, 2.75) is 13.3 Å². The van der Waals surface area contributed by atoms with E-state index in [0.29, 0.717) is 0 Å². The minimum atomic E-state index is 0.945. The second-order valence-corrected chi connectivity index (χ2v) is 2.95. The van der Waals surface area contributed by atoms with E-state index in [1.165, 1.54) is 0 Å². The summed E-state index contributed by atoms with van der Waals surface area (Å²) in [5.41, 5.74) is 3.27. The Morgan fingerprint density at radius 3 is 3.00 bits per heavy atom. The Balaban J connectivity index is 3.05. The molecule has 2 nitrogen and oxygen atoms in total. The van der Waals surface area contributed by atoms with Crippen LogP contribution in [-0.2, 0) is 6.42 Å². The van der Waals surface area contributed by atoms with Crippen LogP contribution in [-0.4, -0.2) is 12.0 Å². The highest BCUT2D eigenvalue weighted by atomic mass is 14.8. The van der Waals surface area contributed by atoms with Crippen LogP contribution >= 0.6 is 0 Å². The summed E-state index contributed by atoms with van der Waals surface area (Å²) in [6.45, 7) is 5.84. The van der Waals surface area contributed by atoms with Crippen LogP contribution < -0.4 is 5.32 Å². The molecule has 1 aromatic rings. The lowest BCUT2D eigenvalue weighted by atomic mass is 10.1. The van der Waals surface area contributed by atoms with Crippen LogP contribution in [0.3, 0.4) is 0 Å². The molecule has 0 unspecified atom stereocenters. The van der Waals surface area contributed by atoms with E-state index < -0.39 is 0 Å². The van der Waals surface area contributed by atoms with Gasteiger partial charge in [-0.05, 0) is 30.2 Å². The lowest BCUT2D eigenvalue weighted by Gasteiger charge is -2.04. The van der Waals surface area contributed by atoms with Gasteiger partial charge in [-0.25, -0.2) is 0 Å². The predicted octanol–water partition coefficient (Wildman–Crippen LogP) is 2.39. The molecule has 0 aliphatic rings. The molecule has 0 aliphatic heterocycles. The first-order chi connectivity index (χ1) is 6.81. The van der Waals surface area contributed by atoms with Gasteiger partial charge in [0.2, 0.25) is 0 Å². The van der Waals surface area contributed by atoms with E-state index in [9.17, 15) is 0 Å². The Hall–Kier alpha value is -1.57. The van der Waals surface area contributed by atoms with Crippen LogP contribution in [0.4, 0.5) is 0 Å². The van der Waals surface area contributed by atoms with Gasteiger partial charge in [-0.2, -0.15) is 0 Å². The zero-order valence-electron chi connectivity index (χ0n) is 8.75. The monoisotopic (exact) mass is 188 g/mol. The van der Waals surface area contributed by atoms with E-state index in [-0.39, 0.29) is 0 Å². The highest BCUT2D eigenvalue weighted by molar-refractivity contribution is 5.56. The third kappa shape index (κ3) is 2.46. The number of aryl methyl sites for hydroxylation is 1. The maximum absolute atomic E-state index is 4.31. The lowest BCUT2D eigenvalue weighted by molar-refractivity contribution is 1.02. The molecule has 0 bridgehead atoms. The molecule has 14 heavy (non-hydrogen) atoms. The van der Waals surface area contributed by atoms with Crippen molar-refractivity contribution in [1.29, 1.82) is 0 Å². The fraction of sp³-hybridized carbons (Fsp3) is 0.250. The van der Waals surface area contributed by atoms with Gasteiger partial charge in [-0.15, -0.1) is 0 Å². The number of likely N-dealkylation sites (N-methyl/N-ethyl adjacent to an activating group) is 1. The van der Waals surface area contributed by atoms with E-state index in [2.05, 4.69) is 35.9 Å². The van der Waals surface area contributed by atoms with Crippen molar-refractivity contribution in [2.75, 3.05) is 7.05 Å². The molecule has 0 saturated heterocycles. The molecule has 1 heterocycles. The number of allylic oxidation sites excluding steroid dienone is 1. The van der Waals surface area contributed by atoms with Crippen LogP contribution in [0.25, 0.3) is 6.08 Å². The van der Waals surface area contributed by atoms with Crippen molar-refractivity contribution in [3.05, 3.63) is 47.9 Å². The van der Waals surface area contributed by atoms with E-state index in [4.69, 9.17) is 0 Å². The number of hydrogen-bond acceptors (Lipinski definition) is 2. The van der Waals surface area contributed by atoms with E-state index in [1.54, 1.807) is 6.08 Å². The van der Waals surface area contributed by atoms with Gasteiger partial charge in [0.25, 0.3) is 0 Å². The second-order valence-electron chi connectivity index (χ2n) is 2.95. The number of pyridine rings is 1. The fourth-order valence-corrected chi connectivity index (χ4v) is 1.28. The third-order valence-corrected chi connectivity index (χ3v) is 2.08. The highest BCUT2D eigenvalue weighted by Crippen LogP contribution is 2.10. The van der Waals surface area contributed by atoms with Gasteiger partial charge in [0.15, 0.2) is 0 Å². The molecule has 2 heteroatoms. The molecule has 0 aromatic carbocycles. The maximum atomic E-state index is 4.31. The molecular weight excluding hydrogens is 172 g/mol. The lowest BCUT2D eigenvalue weighted by Crippen LogP contribution is -2.03. The van der Waals surface area contributed by atoms with Crippen molar-refractivity contribution in [3.8, 4) is 0 Å². The van der Waals surface area contributed by atoms with Crippen LogP contribution in [0.5, 0.6) is 0 Å². The highest BCUT2D eigenvalue weighted by Gasteiger charge is 1.97. The molecule has 0 amide bonds. The first-order valence-electron chi connectivity index (χ1n) is 4.77. The average molecular weight is 188 g/mol. The molecule has 1 rings (SSSR count). The van der Waals surface area contributed by atoms with E-state index in [0.717, 1.165) is 23.4 Å². The quantitative estimate of drug-likeness (QED) is 0.734. The standard InChI is InChI=1S/C12H16N2/c1-4-11(13-3)9-10-7-6-8-14-12(10)5-2/h4,6-9,13H,1,5H2,2-3H3/b11-9+. The molecule has 1 N–H and O–H groups in total. The fourth-order valence-electron chi connectivity index (χ4n) is 1.28. The van der Waals surface area contributed by atoms with Crippen molar-refractivity contribution in [3.63, 3.8) is 0 Å². The summed E-state index contributed by atoms with van der Waals surface area (Å²) in [6.07, 6.45) is 6.62. The Morgan fingerprint density at radius 2 is 2.43 bits per heavy atom. The number of hydrogen-bond donors (Lipinski definition) is 1. The summed E-state index contributed by atoms with van der Waals surface area (Å²) in [4.78, 5) is 4.31. The van der Waals surface area contributed by atoms with Crippen LogP contribution in [0.1, 0.15) is 18.2 Å². The van der Waals surface area contributed by atoms with Gasteiger partial charge in [-0.3, -0.25) is 4.98 Å². The second kappa shape index (κ2) is 5.22. The molecular formula is C12H16N2. The summed E-state index contributed by atoms with van der Waals surface area (Å²) in [5.74, 6) is 0. The molecule has 0 spiro atoms. The van der Waals surface area contributed by atoms with Crippen molar-refractivity contribution in [2.24, 2.45) is 0 Å². The Kier molecular flexibility index (Phi) is 3.92. The first kappa shape index (κ1) is 10.5. The van der Waals surface area contributed by atoms with Crippen molar-refractivity contribution in [1.82, 2.24) is 10.3 Å². The van der Waals surface area contributed by atoms with Gasteiger partial charge in [0.1, 0.15) is 0 Å². The molecule has 0 atom stereocenters. The van der Waals surface area contributed by atoms with Gasteiger partial charge in [0, 0.05) is 24.6 Å². The van der Waals surface area contributed by atoms with E-state index in [1.807, 2.05) is 19.3 Å². The predicted molar refractivity (Wildman–Crippen MR) is 60.8 cm³/mol. The molecule has 0 radical (unpaired) electrons. The summed E-state index contributed by atoms with van der Waals surface area (Å²) in [6, 6.07) is 4.01. The normalized spacial score (nSPS) is 11.1. The Labute approximate surface area is 85.4 Å². The summed E-state index contributed by atoms with van der Waals surface area (Å²) >= 11 is 0. The molecule has 74 valence electrons. The van der Waals surface area contributed by atoms with Gasteiger partial charge < -0.3 is 5.32 Å². The van der Waals surface area contributed by atoms with Crippen molar-refractivity contribution < 1.29 is 0 Å². The molecule has 1 aromatic heterocycles. The van der Waals surface area contributed by atoms with Crippen LogP contribution in [0, 0.1) is 0 Å². The number of rotatable bonds is 4. The number of aromatic nitrogens is 1. The number of nitrogens with one attached hydrogen (secondary N) is 1. The number of nitrogens with zero attached hydrogens (tertiary/aromatic N) is 1. The van der Waals surface area contributed by atoms with Crippen molar-refractivity contribution >= 4 is 6.08 Å². The van der Waals surface area contributed by atoms with E-state index >= 15 is 0 Å².